The summed E-state index contributed by atoms with van der Waals surface area (Å²) in [6.07, 6.45) is 2.23. The van der Waals surface area contributed by atoms with E-state index >= 15 is 0 Å². The van der Waals surface area contributed by atoms with Gasteiger partial charge in [0, 0.05) is 11.3 Å². The van der Waals surface area contributed by atoms with E-state index in [-0.39, 0.29) is 185 Å². The second-order valence-electron chi connectivity index (χ2n) is 4.67. The molecule has 0 atom stereocenters. The van der Waals surface area contributed by atoms with E-state index < -0.39 is 0 Å². The van der Waals surface area contributed by atoms with E-state index in [2.05, 4.69) is 108 Å². The number of rotatable bonds is 1. The van der Waals surface area contributed by atoms with E-state index in [0.717, 1.165) is 31.0 Å². The van der Waals surface area contributed by atoms with Gasteiger partial charge in [0.25, 0.3) is 0 Å². The van der Waals surface area contributed by atoms with Crippen LogP contribution in [0.1, 0.15) is 253 Å². The first kappa shape index (κ1) is 293. The van der Waals surface area contributed by atoms with Gasteiger partial charge in [0.15, 0.2) is 5.75 Å². The summed E-state index contributed by atoms with van der Waals surface area (Å²) in [5.41, 5.74) is 24.1. The Morgan fingerprint density at radius 3 is 0.690 bits per heavy atom. The molecule has 0 spiro atoms. The minimum atomic E-state index is 0. The molecule has 58 heavy (non-hydrogen) atoms. The summed E-state index contributed by atoms with van der Waals surface area (Å²) in [5, 5.41) is 2.93. The average molecular weight is 905 g/mol. The molecule has 0 aliphatic rings. The van der Waals surface area contributed by atoms with E-state index in [0.29, 0.717) is 6.54 Å². The van der Waals surface area contributed by atoms with Crippen LogP contribution in [0.4, 0.5) is 0 Å². The van der Waals surface area contributed by atoms with Gasteiger partial charge in [0.2, 0.25) is 0 Å². The highest BCUT2D eigenvalue weighted by Gasteiger charge is 1.57. The molecule has 0 saturated heterocycles. The lowest BCUT2D eigenvalue weighted by atomic mass is 10.5. The summed E-state index contributed by atoms with van der Waals surface area (Å²) < 4.78 is 0. The van der Waals surface area contributed by atoms with Crippen molar-refractivity contribution in [2.75, 3.05) is 37.8 Å². The Morgan fingerprint density at radius 1 is 0.483 bits per heavy atom. The molecule has 0 aliphatic carbocycles. The van der Waals surface area contributed by atoms with E-state index in [1.807, 2.05) is 41.5 Å². The van der Waals surface area contributed by atoms with Gasteiger partial charge < -0.3 is 22.9 Å². The largest absolute Gasteiger partial charge is 0.358 e. The van der Waals surface area contributed by atoms with Gasteiger partial charge in [0.05, 0.1) is 19.8 Å². The first-order valence-corrected chi connectivity index (χ1v) is 12.6. The van der Waals surface area contributed by atoms with Crippen LogP contribution in [0.2, 0.25) is 0 Å². The van der Waals surface area contributed by atoms with Crippen molar-refractivity contribution >= 4 is 25.3 Å². The van der Waals surface area contributed by atoms with Gasteiger partial charge in [-0.2, -0.15) is 0 Å². The highest BCUT2D eigenvalue weighted by molar-refractivity contribution is 7.59. The first-order valence-electron chi connectivity index (χ1n) is 11.2. The van der Waals surface area contributed by atoms with Gasteiger partial charge in [-0.05, 0) is 84.2 Å². The smallest absolute Gasteiger partial charge is 0.163 e. The van der Waals surface area contributed by atoms with Crippen molar-refractivity contribution in [1.29, 1.82) is 0 Å². The molecule has 0 aromatic heterocycles. The molecule has 0 aromatic rings. The lowest BCUT2D eigenvalue weighted by molar-refractivity contribution is -0.361. The summed E-state index contributed by atoms with van der Waals surface area (Å²) >= 11 is 6.36. The minimum Gasteiger partial charge on any atom is -0.358 e. The van der Waals surface area contributed by atoms with Crippen LogP contribution in [0.5, 0.6) is 0 Å². The third kappa shape index (κ3) is 2330. The number of azide groups is 1. The molecule has 0 heterocycles. The molecule has 0 unspecified atom stereocenters. The van der Waals surface area contributed by atoms with E-state index in [9.17, 15) is 0 Å². The number of hydrogen-bond donors (Lipinski definition) is 4. The molecule has 0 aliphatic heterocycles. The molecular formula is C49H153N7S2+4. The van der Waals surface area contributed by atoms with Gasteiger partial charge in [0.1, 0.15) is 12.3 Å². The Hall–Kier alpha value is -1.91. The topological polar surface area (TPSA) is 156 Å². The van der Waals surface area contributed by atoms with Crippen LogP contribution in [0, 0.1) is 47.4 Å². The van der Waals surface area contributed by atoms with Crippen LogP contribution >= 0.6 is 0 Å². The fourth-order valence-electron chi connectivity index (χ4n) is 0.529. The molecule has 392 valence electrons. The second kappa shape index (κ2) is 623. The van der Waals surface area contributed by atoms with Gasteiger partial charge in [-0.1, -0.05) is 216 Å². The zero-order valence-corrected chi connectivity index (χ0v) is 25.6. The minimum absolute atomic E-state index is 0. The standard InChI is InChI=1S/C5H8.2C4H7N.C4H6S.C3H8.C2H7N.C2H6S.CH4N4.24CH4/c1-3-5-4-2;3*1-2-3-4-5;1-3-2;2*1-2-3;2-1-4-5-3;;;;;;;;;;;;;;;;;;;;;;;;/h3H2,1-2H3;2*4-5H2,1H3;5H,4H2,1H3;3H2,1-2H3;2-3H2,1H3;3H,2H2,1H3;1-2H2;24*1H4/p+4. The van der Waals surface area contributed by atoms with Gasteiger partial charge >= 0.3 is 0 Å². The lowest BCUT2D eigenvalue weighted by Gasteiger charge is -1.60. The molecule has 0 rings (SSSR count). The molecule has 10 N–H and O–H groups in total. The molecule has 0 radical (unpaired) electrons. The number of nitrogens with two attached hydrogens (primary N) is 2. The number of quaternary nitrogens is 2. The maximum absolute atomic E-state index is 7.44. The Bertz CT molecular complexity index is 484. The van der Waals surface area contributed by atoms with Crippen molar-refractivity contribution in [3.8, 4) is 47.4 Å². The fraction of sp³-hybridized carbons (Fsp3) is 0.837. The van der Waals surface area contributed by atoms with Crippen molar-refractivity contribution < 1.29 is 11.5 Å². The van der Waals surface area contributed by atoms with Crippen molar-refractivity contribution in [2.45, 2.75) is 253 Å². The summed E-state index contributed by atoms with van der Waals surface area (Å²) in [5.74, 6) is 23.7. The zero-order chi connectivity index (χ0) is 28.7. The van der Waals surface area contributed by atoms with Crippen LogP contribution < -0.4 is 22.9 Å². The predicted molar refractivity (Wildman–Crippen MR) is 326 cm³/mol. The van der Waals surface area contributed by atoms with Crippen LogP contribution in [0.15, 0.2) is 5.11 Å². The Kier molecular flexibility index (Phi) is 3150. The quantitative estimate of drug-likeness (QED) is 0.0680. The summed E-state index contributed by atoms with van der Waals surface area (Å²) in [6, 6.07) is 0. The van der Waals surface area contributed by atoms with Crippen LogP contribution in [0.3, 0.4) is 0 Å². The molecule has 7 nitrogen and oxygen atoms in total. The summed E-state index contributed by atoms with van der Waals surface area (Å²) in [7, 11) is 0. The second-order valence-corrected chi connectivity index (χ2v) is 5.73. The highest BCUT2D eigenvalue weighted by atomic mass is 32.1. The zero-order valence-electron chi connectivity index (χ0n) is 23.6. The predicted octanol–water partition coefficient (Wildman–Crippen LogP) is 16.8. The first-order chi connectivity index (χ1) is 16.3. The van der Waals surface area contributed by atoms with Crippen molar-refractivity contribution in [3.05, 3.63) is 10.4 Å². The Labute approximate surface area is 400 Å². The SMILES string of the molecule is C.C.C.C.C.C.C.C.C.C.C.C.C.C.C.C.C.C.C.C.C.C.C.C.CC#CCC.CC#CCN.CC#CC[NH3+].CC#CC[SH2+].CCC.CC[NH3+].CC[SH2+].[N-]=[N+]=NCN. The van der Waals surface area contributed by atoms with E-state index in [1.165, 1.54) is 6.42 Å². The van der Waals surface area contributed by atoms with E-state index in [1.54, 1.807) is 6.92 Å². The maximum Gasteiger partial charge on any atom is 0.163 e. The van der Waals surface area contributed by atoms with Crippen LogP contribution in [-0.2, 0) is 25.3 Å². The molecule has 9 heteroatoms. The van der Waals surface area contributed by atoms with Gasteiger partial charge in [-0.15, -0.1) is 29.6 Å². The number of hydrogen-bond acceptors (Lipinski definition) is 3. The normalized spacial score (nSPS) is 3.22. The van der Waals surface area contributed by atoms with Crippen LogP contribution in [-0.4, -0.2) is 37.8 Å². The molecule has 0 aromatic carbocycles. The fourth-order valence-corrected chi connectivity index (χ4v) is 0.706. The van der Waals surface area contributed by atoms with Crippen LogP contribution in [0.25, 0.3) is 10.4 Å². The third-order valence-corrected chi connectivity index (χ3v) is 1.52. The van der Waals surface area contributed by atoms with Gasteiger partial charge in [-0.25, -0.2) is 0 Å². The number of nitrogens with zero attached hydrogens (tertiary/aromatic N) is 3. The molecular weight excluding hydrogens is 751 g/mol. The highest BCUT2D eigenvalue weighted by Crippen LogP contribution is 1.62. The van der Waals surface area contributed by atoms with Gasteiger partial charge in [-0.3, -0.25) is 0 Å². The molecule has 0 fully saturated rings. The molecule has 0 amide bonds. The van der Waals surface area contributed by atoms with Crippen molar-refractivity contribution in [2.24, 2.45) is 16.6 Å². The summed E-state index contributed by atoms with van der Waals surface area (Å²) in [6.45, 7) is 19.9. The monoisotopic (exact) mass is 904 g/mol. The lowest BCUT2D eigenvalue weighted by Crippen LogP contribution is -2.49. The molecule has 0 bridgehead atoms. The van der Waals surface area contributed by atoms with Crippen molar-refractivity contribution in [3.63, 3.8) is 0 Å². The average Bonchev–Trinajstić information content (AvgIpc) is 2.80. The third-order valence-electron chi connectivity index (χ3n) is 1.34. The molecule has 0 saturated carbocycles. The Balaban J connectivity index is -0.00000000422. The maximum atomic E-state index is 7.44. The Morgan fingerprint density at radius 2 is 0.690 bits per heavy atom. The van der Waals surface area contributed by atoms with E-state index in [4.69, 9.17) is 17.0 Å². The van der Waals surface area contributed by atoms with Crippen molar-refractivity contribution in [1.82, 2.24) is 0 Å². The summed E-state index contributed by atoms with van der Waals surface area (Å²) in [4.78, 5) is 2.35.